The fourth-order valence-corrected chi connectivity index (χ4v) is 3.79. The molecule has 5 heteroatoms. The highest BCUT2D eigenvalue weighted by Gasteiger charge is 2.26. The van der Waals surface area contributed by atoms with Gasteiger partial charge in [-0.3, -0.25) is 4.79 Å². The number of piperidine rings is 1. The third kappa shape index (κ3) is 4.09. The van der Waals surface area contributed by atoms with E-state index in [4.69, 9.17) is 4.74 Å². The zero-order chi connectivity index (χ0) is 18.5. The smallest absolute Gasteiger partial charge is 0.253 e. The highest BCUT2D eigenvalue weighted by atomic mass is 16.5. The van der Waals surface area contributed by atoms with Crippen LogP contribution in [0.15, 0.2) is 30.5 Å². The van der Waals surface area contributed by atoms with E-state index in [-0.39, 0.29) is 5.91 Å². The number of aryl methyl sites for hydroxylation is 1. The minimum Gasteiger partial charge on any atom is -0.497 e. The number of aromatic nitrogens is 2. The number of carbonyl (C=O) groups excluding carboxylic acids is 1. The lowest BCUT2D eigenvalue weighted by Crippen LogP contribution is -2.40. The molecule has 1 atom stereocenters. The first-order valence-electron chi connectivity index (χ1n) is 9.56. The summed E-state index contributed by atoms with van der Waals surface area (Å²) in [5.74, 6) is 2.53. The lowest BCUT2D eigenvalue weighted by atomic mass is 9.94. The average molecular weight is 355 g/mol. The van der Waals surface area contributed by atoms with Crippen molar-refractivity contribution in [3.8, 4) is 5.75 Å². The topological polar surface area (TPSA) is 47.4 Å². The molecule has 26 heavy (non-hydrogen) atoms. The first-order valence-corrected chi connectivity index (χ1v) is 9.56. The van der Waals surface area contributed by atoms with Gasteiger partial charge in [0.25, 0.3) is 5.91 Å². The molecule has 1 saturated heterocycles. The van der Waals surface area contributed by atoms with Crippen molar-refractivity contribution in [2.75, 3.05) is 20.2 Å². The van der Waals surface area contributed by atoms with Gasteiger partial charge in [0.05, 0.1) is 7.11 Å². The zero-order valence-corrected chi connectivity index (χ0v) is 16.1. The number of nitrogens with zero attached hydrogens (tertiary/aromatic N) is 3. The van der Waals surface area contributed by atoms with Gasteiger partial charge in [-0.1, -0.05) is 6.92 Å². The Kier molecular flexibility index (Phi) is 5.96. The van der Waals surface area contributed by atoms with Crippen LogP contribution in [0.2, 0.25) is 0 Å². The molecule has 1 aliphatic rings. The van der Waals surface area contributed by atoms with Crippen molar-refractivity contribution in [3.05, 3.63) is 47.5 Å². The van der Waals surface area contributed by atoms with Crippen LogP contribution >= 0.6 is 0 Å². The summed E-state index contributed by atoms with van der Waals surface area (Å²) in [6.07, 6.45) is 6.23. The van der Waals surface area contributed by atoms with Gasteiger partial charge >= 0.3 is 0 Å². The molecule has 3 rings (SSSR count). The van der Waals surface area contributed by atoms with Gasteiger partial charge in [-0.25, -0.2) is 4.98 Å². The minimum absolute atomic E-state index is 0.116. The van der Waals surface area contributed by atoms with Crippen LogP contribution in [0.1, 0.15) is 48.1 Å². The standard InChI is InChI=1S/C21H29N3O2/c1-4-11-24-16(2)14-22-20(24)13-17-6-5-12-23(15-17)21(25)18-7-9-19(26-3)10-8-18/h7-10,14,17H,4-6,11-13,15H2,1-3H3. The maximum atomic E-state index is 12.8. The van der Waals surface area contributed by atoms with Crippen molar-refractivity contribution in [2.24, 2.45) is 5.92 Å². The molecule has 140 valence electrons. The van der Waals surface area contributed by atoms with E-state index in [1.807, 2.05) is 35.4 Å². The van der Waals surface area contributed by atoms with Gasteiger partial charge in [-0.05, 0) is 56.4 Å². The van der Waals surface area contributed by atoms with Gasteiger partial charge < -0.3 is 14.2 Å². The molecule has 0 bridgehead atoms. The van der Waals surface area contributed by atoms with Crippen LogP contribution in [0.3, 0.4) is 0 Å². The van der Waals surface area contributed by atoms with Crippen LogP contribution in [0.5, 0.6) is 5.75 Å². The molecule has 0 saturated carbocycles. The van der Waals surface area contributed by atoms with E-state index in [9.17, 15) is 4.79 Å². The second-order valence-corrected chi connectivity index (χ2v) is 7.16. The summed E-state index contributed by atoms with van der Waals surface area (Å²) in [6, 6.07) is 7.39. The van der Waals surface area contributed by atoms with Gasteiger partial charge in [0, 0.05) is 43.5 Å². The zero-order valence-electron chi connectivity index (χ0n) is 16.1. The molecule has 1 aromatic heterocycles. The van der Waals surface area contributed by atoms with Crippen molar-refractivity contribution in [3.63, 3.8) is 0 Å². The first kappa shape index (κ1) is 18.5. The van der Waals surface area contributed by atoms with Crippen molar-refractivity contribution >= 4 is 5.91 Å². The molecule has 2 heterocycles. The number of imidazole rings is 1. The molecular weight excluding hydrogens is 326 g/mol. The Morgan fingerprint density at radius 3 is 2.77 bits per heavy atom. The van der Waals surface area contributed by atoms with Gasteiger partial charge in [0.2, 0.25) is 0 Å². The molecule has 0 aliphatic carbocycles. The summed E-state index contributed by atoms with van der Waals surface area (Å²) in [5.41, 5.74) is 1.96. The average Bonchev–Trinajstić information content (AvgIpc) is 3.01. The molecule has 1 amide bonds. The number of rotatable bonds is 6. The maximum absolute atomic E-state index is 12.8. The first-order chi connectivity index (χ1) is 12.6. The summed E-state index contributed by atoms with van der Waals surface area (Å²) >= 11 is 0. The monoisotopic (exact) mass is 355 g/mol. The Hall–Kier alpha value is -2.30. The molecule has 0 radical (unpaired) electrons. The molecule has 0 spiro atoms. The highest BCUT2D eigenvalue weighted by molar-refractivity contribution is 5.94. The summed E-state index contributed by atoms with van der Waals surface area (Å²) < 4.78 is 7.50. The van der Waals surface area contributed by atoms with Crippen LogP contribution in [0, 0.1) is 12.8 Å². The van der Waals surface area contributed by atoms with Crippen LogP contribution in [0.25, 0.3) is 0 Å². The lowest BCUT2D eigenvalue weighted by Gasteiger charge is -2.33. The number of hydrogen-bond acceptors (Lipinski definition) is 3. The number of benzene rings is 1. The molecule has 1 fully saturated rings. The molecule has 1 aliphatic heterocycles. The number of amides is 1. The Morgan fingerprint density at radius 2 is 2.08 bits per heavy atom. The fourth-order valence-electron chi connectivity index (χ4n) is 3.79. The van der Waals surface area contributed by atoms with E-state index in [1.165, 1.54) is 5.69 Å². The largest absolute Gasteiger partial charge is 0.497 e. The van der Waals surface area contributed by atoms with Crippen molar-refractivity contribution in [1.82, 2.24) is 14.5 Å². The number of carbonyl (C=O) groups is 1. The second kappa shape index (κ2) is 8.39. The van der Waals surface area contributed by atoms with Crippen LogP contribution < -0.4 is 4.74 Å². The third-order valence-electron chi connectivity index (χ3n) is 5.20. The molecule has 1 unspecified atom stereocenters. The summed E-state index contributed by atoms with van der Waals surface area (Å²) in [7, 11) is 1.64. The minimum atomic E-state index is 0.116. The maximum Gasteiger partial charge on any atom is 0.253 e. The fraction of sp³-hybridized carbons (Fsp3) is 0.524. The van der Waals surface area contributed by atoms with E-state index in [0.717, 1.165) is 62.5 Å². The van der Waals surface area contributed by atoms with E-state index in [0.29, 0.717) is 5.92 Å². The van der Waals surface area contributed by atoms with Crippen molar-refractivity contribution in [2.45, 2.75) is 46.1 Å². The van der Waals surface area contributed by atoms with E-state index >= 15 is 0 Å². The van der Waals surface area contributed by atoms with E-state index in [2.05, 4.69) is 23.4 Å². The number of likely N-dealkylation sites (tertiary alicyclic amines) is 1. The molecule has 1 aromatic carbocycles. The van der Waals surface area contributed by atoms with E-state index in [1.54, 1.807) is 7.11 Å². The molecule has 5 nitrogen and oxygen atoms in total. The number of ether oxygens (including phenoxy) is 1. The van der Waals surface area contributed by atoms with Crippen molar-refractivity contribution in [1.29, 1.82) is 0 Å². The van der Waals surface area contributed by atoms with Crippen LogP contribution in [0.4, 0.5) is 0 Å². The van der Waals surface area contributed by atoms with Crippen molar-refractivity contribution < 1.29 is 9.53 Å². The Bertz CT molecular complexity index is 736. The van der Waals surface area contributed by atoms with Gasteiger partial charge in [0.1, 0.15) is 11.6 Å². The predicted octanol–water partition coefficient (Wildman–Crippen LogP) is 3.71. The highest BCUT2D eigenvalue weighted by Crippen LogP contribution is 2.23. The Morgan fingerprint density at radius 1 is 1.31 bits per heavy atom. The lowest BCUT2D eigenvalue weighted by molar-refractivity contribution is 0.0671. The summed E-state index contributed by atoms with van der Waals surface area (Å²) in [6.45, 7) is 6.97. The molecule has 0 N–H and O–H groups in total. The van der Waals surface area contributed by atoms with Gasteiger partial charge in [-0.15, -0.1) is 0 Å². The second-order valence-electron chi connectivity index (χ2n) is 7.16. The predicted molar refractivity (Wildman–Crippen MR) is 103 cm³/mol. The van der Waals surface area contributed by atoms with E-state index < -0.39 is 0 Å². The quantitative estimate of drug-likeness (QED) is 0.794. The normalized spacial score (nSPS) is 17.3. The van der Waals surface area contributed by atoms with Gasteiger partial charge in [-0.2, -0.15) is 0 Å². The SMILES string of the molecule is CCCn1c(C)cnc1CC1CCCN(C(=O)c2ccc(OC)cc2)C1. The van der Waals surface area contributed by atoms with Crippen LogP contribution in [-0.4, -0.2) is 40.6 Å². The molecular formula is C21H29N3O2. The molecule has 2 aromatic rings. The summed E-state index contributed by atoms with van der Waals surface area (Å²) in [5, 5.41) is 0. The van der Waals surface area contributed by atoms with Crippen LogP contribution in [-0.2, 0) is 13.0 Å². The number of methoxy groups -OCH3 is 1. The summed E-state index contributed by atoms with van der Waals surface area (Å²) in [4.78, 5) is 19.5. The Labute approximate surface area is 156 Å². The Balaban J connectivity index is 1.66. The van der Waals surface area contributed by atoms with Gasteiger partial charge in [0.15, 0.2) is 0 Å². The third-order valence-corrected chi connectivity index (χ3v) is 5.20. The number of hydrogen-bond donors (Lipinski definition) is 0.